The molecule has 4 aliphatic carbocycles. The summed E-state index contributed by atoms with van der Waals surface area (Å²) in [4.78, 5) is 24.2. The number of nitrogens with one attached hydrogen (secondary N) is 2. The normalized spacial score (nSPS) is 42.5. The van der Waals surface area contributed by atoms with E-state index in [0.29, 0.717) is 12.8 Å². The van der Waals surface area contributed by atoms with Crippen LogP contribution in [0.1, 0.15) is 78.6 Å². The molecule has 0 unspecified atom stereocenters. The Hall–Kier alpha value is -1.27. The van der Waals surface area contributed by atoms with Crippen molar-refractivity contribution in [1.82, 2.24) is 10.6 Å². The van der Waals surface area contributed by atoms with Gasteiger partial charge in [-0.3, -0.25) is 14.1 Å². The van der Waals surface area contributed by atoms with Gasteiger partial charge in [0.1, 0.15) is 0 Å². The molecule has 0 radical (unpaired) electrons. The first kappa shape index (κ1) is 30.7. The molecule has 0 spiro atoms. The third kappa shape index (κ3) is 6.17. The molecule has 0 aromatic heterocycles. The van der Waals surface area contributed by atoms with Crippen molar-refractivity contribution in [2.24, 2.45) is 46.3 Å². The average Bonchev–Trinajstić information content (AvgIpc) is 3.20. The smallest absolute Gasteiger partial charge is 0.266 e. The Bertz CT molecular complexity index is 1020. The molecule has 0 aliphatic heterocycles. The Labute approximate surface area is 232 Å². The largest absolute Gasteiger partial charge is 0.393 e. The number of aliphatic hydroxyl groups is 3. The van der Waals surface area contributed by atoms with Crippen molar-refractivity contribution >= 4 is 21.9 Å². The minimum atomic E-state index is -4.16. The van der Waals surface area contributed by atoms with E-state index in [2.05, 4.69) is 31.4 Å². The van der Waals surface area contributed by atoms with E-state index in [-0.39, 0.29) is 77.9 Å². The second kappa shape index (κ2) is 11.5. The molecule has 0 saturated heterocycles. The van der Waals surface area contributed by atoms with Gasteiger partial charge in [0, 0.05) is 13.0 Å². The predicted molar refractivity (Wildman–Crippen MR) is 145 cm³/mol. The summed E-state index contributed by atoms with van der Waals surface area (Å²) in [5.41, 5.74) is -0.297. The van der Waals surface area contributed by atoms with Gasteiger partial charge in [-0.15, -0.1) is 0 Å². The number of carbonyl (C=O) groups excluding carboxylic acids is 2. The van der Waals surface area contributed by atoms with E-state index in [4.69, 9.17) is 4.55 Å². The molecule has 224 valence electrons. The molecule has 11 atom stereocenters. The summed E-state index contributed by atoms with van der Waals surface area (Å²) in [5, 5.41) is 38.3. The van der Waals surface area contributed by atoms with Crippen LogP contribution < -0.4 is 10.6 Å². The minimum Gasteiger partial charge on any atom is -0.393 e. The highest BCUT2D eigenvalue weighted by Crippen LogP contribution is 2.68. The van der Waals surface area contributed by atoms with E-state index in [0.717, 1.165) is 38.5 Å². The van der Waals surface area contributed by atoms with Crippen molar-refractivity contribution in [1.29, 1.82) is 0 Å². The Morgan fingerprint density at radius 3 is 2.38 bits per heavy atom. The molecule has 4 rings (SSSR count). The molecule has 4 aliphatic rings. The lowest BCUT2D eigenvalue weighted by atomic mass is 9.43. The van der Waals surface area contributed by atoms with Gasteiger partial charge < -0.3 is 26.0 Å². The van der Waals surface area contributed by atoms with Crippen molar-refractivity contribution in [2.75, 3.05) is 18.8 Å². The first-order chi connectivity index (χ1) is 18.2. The van der Waals surface area contributed by atoms with Gasteiger partial charge in [-0.2, -0.15) is 8.42 Å². The van der Waals surface area contributed by atoms with E-state index >= 15 is 0 Å². The third-order valence-corrected chi connectivity index (χ3v) is 12.2. The molecule has 0 aromatic rings. The van der Waals surface area contributed by atoms with Crippen molar-refractivity contribution < 1.29 is 37.9 Å². The van der Waals surface area contributed by atoms with Crippen LogP contribution in [0.25, 0.3) is 0 Å². The minimum absolute atomic E-state index is 0.0336. The monoisotopic (exact) mass is 572 g/mol. The highest BCUT2D eigenvalue weighted by Gasteiger charge is 2.65. The average molecular weight is 573 g/mol. The van der Waals surface area contributed by atoms with Gasteiger partial charge in [-0.25, -0.2) is 0 Å². The van der Waals surface area contributed by atoms with Gasteiger partial charge in [0.2, 0.25) is 11.8 Å². The summed E-state index contributed by atoms with van der Waals surface area (Å²) in [7, 11) is -4.16. The van der Waals surface area contributed by atoms with E-state index in [1.807, 2.05) is 0 Å². The van der Waals surface area contributed by atoms with E-state index in [1.54, 1.807) is 0 Å². The van der Waals surface area contributed by atoms with Gasteiger partial charge in [0.15, 0.2) is 0 Å². The molecular formula is C28H48N2O8S. The molecule has 10 nitrogen and oxygen atoms in total. The summed E-state index contributed by atoms with van der Waals surface area (Å²) in [5.74, 6) is -0.0801. The molecule has 2 amide bonds. The number of aliphatic hydroxyl groups excluding tert-OH is 3. The summed E-state index contributed by atoms with van der Waals surface area (Å²) < 4.78 is 30.2. The quantitative estimate of drug-likeness (QED) is 0.225. The highest BCUT2D eigenvalue weighted by atomic mass is 32.2. The lowest BCUT2D eigenvalue weighted by Gasteiger charge is -2.63. The second-order valence-electron chi connectivity index (χ2n) is 13.5. The maximum atomic E-state index is 12.4. The van der Waals surface area contributed by atoms with Crippen molar-refractivity contribution in [3.63, 3.8) is 0 Å². The molecule has 0 bridgehead atoms. The van der Waals surface area contributed by atoms with E-state index in [9.17, 15) is 33.3 Å². The first-order valence-corrected chi connectivity index (χ1v) is 16.3. The predicted octanol–water partition coefficient (Wildman–Crippen LogP) is 1.48. The summed E-state index contributed by atoms with van der Waals surface area (Å²) >= 11 is 0. The molecule has 4 saturated carbocycles. The zero-order valence-corrected chi connectivity index (χ0v) is 24.3. The maximum Gasteiger partial charge on any atom is 0.266 e. The summed E-state index contributed by atoms with van der Waals surface area (Å²) in [6, 6.07) is 0. The third-order valence-electron chi connectivity index (χ3n) is 11.5. The fourth-order valence-electron chi connectivity index (χ4n) is 9.34. The van der Waals surface area contributed by atoms with Gasteiger partial charge in [-0.05, 0) is 97.7 Å². The lowest BCUT2D eigenvalue weighted by Crippen LogP contribution is -2.62. The van der Waals surface area contributed by atoms with Crippen LogP contribution in [-0.4, -0.2) is 77.3 Å². The number of hydrogen-bond donors (Lipinski definition) is 6. The number of fused-ring (bicyclic) bond motifs is 5. The van der Waals surface area contributed by atoms with Crippen LogP contribution in [0.15, 0.2) is 0 Å². The van der Waals surface area contributed by atoms with Gasteiger partial charge >= 0.3 is 0 Å². The van der Waals surface area contributed by atoms with Crippen molar-refractivity contribution in [3.05, 3.63) is 0 Å². The topological polar surface area (TPSA) is 173 Å². The Balaban J connectivity index is 1.33. The van der Waals surface area contributed by atoms with Crippen LogP contribution in [0.2, 0.25) is 0 Å². The van der Waals surface area contributed by atoms with E-state index < -0.39 is 34.0 Å². The summed E-state index contributed by atoms with van der Waals surface area (Å²) in [6.45, 7) is 6.15. The first-order valence-electron chi connectivity index (χ1n) is 14.7. The zero-order chi connectivity index (χ0) is 28.8. The van der Waals surface area contributed by atoms with Crippen LogP contribution in [0.4, 0.5) is 0 Å². The van der Waals surface area contributed by atoms with Crippen LogP contribution >= 0.6 is 0 Å². The zero-order valence-electron chi connectivity index (χ0n) is 23.5. The number of amides is 2. The Morgan fingerprint density at radius 2 is 1.69 bits per heavy atom. The van der Waals surface area contributed by atoms with Crippen LogP contribution in [0.3, 0.4) is 0 Å². The Morgan fingerprint density at radius 1 is 0.974 bits per heavy atom. The molecular weight excluding hydrogens is 524 g/mol. The molecule has 4 fully saturated rings. The Kier molecular flexibility index (Phi) is 9.08. The number of hydrogen-bond acceptors (Lipinski definition) is 7. The van der Waals surface area contributed by atoms with E-state index in [1.165, 1.54) is 0 Å². The lowest BCUT2D eigenvalue weighted by molar-refractivity contribution is -0.207. The summed E-state index contributed by atoms with van der Waals surface area (Å²) in [6.07, 6.45) is 5.44. The van der Waals surface area contributed by atoms with Gasteiger partial charge in [0.05, 0.1) is 30.6 Å². The molecule has 0 heterocycles. The van der Waals surface area contributed by atoms with Crippen LogP contribution in [0, 0.1) is 46.3 Å². The number of rotatable bonds is 9. The maximum absolute atomic E-state index is 12.4. The van der Waals surface area contributed by atoms with Crippen molar-refractivity contribution in [3.8, 4) is 0 Å². The second-order valence-corrected chi connectivity index (χ2v) is 15.0. The van der Waals surface area contributed by atoms with Gasteiger partial charge in [0.25, 0.3) is 10.1 Å². The molecule has 6 N–H and O–H groups in total. The van der Waals surface area contributed by atoms with Crippen molar-refractivity contribution in [2.45, 2.75) is 96.9 Å². The fraction of sp³-hybridized carbons (Fsp3) is 0.929. The standard InChI is InChI=1S/C28H48N2O8S/c1-16(4-7-24(34)30-15-25(35)29-10-11-39(36,37)38)19-5-6-20-26-21(14-23(33)28(19,20)3)27(2)9-8-18(31)12-17(27)13-22(26)32/h16-23,26,31-33H,4-15H2,1-3H3,(H,29,35)(H,30,34)(H,36,37,38)/t16-,17+,18-,19-,20+,21-,22-,23+,26+,27+,28-/m1/s1. The fourth-order valence-corrected chi connectivity index (χ4v) is 9.70. The number of carbonyl (C=O) groups is 2. The molecule has 39 heavy (non-hydrogen) atoms. The molecule has 0 aromatic carbocycles. The van der Waals surface area contributed by atoms with Gasteiger partial charge in [-0.1, -0.05) is 20.8 Å². The van der Waals surface area contributed by atoms with Crippen LogP contribution in [0.5, 0.6) is 0 Å². The SMILES string of the molecule is C[C@H](CCC(=O)NCC(=O)NCCS(=O)(=O)O)[C@H]1CC[C@H]2[C@@H]3[C@H](O)C[C@@H]4C[C@H](O)CC[C@]4(C)[C@@H]3C[C@H](O)[C@]12C. The van der Waals surface area contributed by atoms with Crippen LogP contribution in [-0.2, 0) is 19.7 Å². The molecule has 11 heteroatoms. The highest BCUT2D eigenvalue weighted by molar-refractivity contribution is 7.85.